The predicted molar refractivity (Wildman–Crippen MR) is 101 cm³/mol. The van der Waals surface area contributed by atoms with Crippen LogP contribution in [0.25, 0.3) is 0 Å². The second-order valence-corrected chi connectivity index (χ2v) is 8.83. The van der Waals surface area contributed by atoms with Crippen LogP contribution in [0.2, 0.25) is 0 Å². The quantitative estimate of drug-likeness (QED) is 0.882. The van der Waals surface area contributed by atoms with Crippen molar-refractivity contribution >= 4 is 17.4 Å². The van der Waals surface area contributed by atoms with Gasteiger partial charge in [0.1, 0.15) is 0 Å². The summed E-state index contributed by atoms with van der Waals surface area (Å²) in [6, 6.07) is 0.0869. The van der Waals surface area contributed by atoms with E-state index in [1.807, 2.05) is 0 Å². The van der Waals surface area contributed by atoms with Crippen LogP contribution in [0.5, 0.6) is 0 Å². The van der Waals surface area contributed by atoms with Crippen LogP contribution in [-0.2, 0) is 11.3 Å². The van der Waals surface area contributed by atoms with Crippen LogP contribution in [0, 0.1) is 19.8 Å². The molecule has 2 heterocycles. The lowest BCUT2D eigenvalue weighted by Crippen LogP contribution is -2.37. The van der Waals surface area contributed by atoms with Gasteiger partial charge in [0.25, 0.3) is 0 Å². The fourth-order valence-corrected chi connectivity index (χ4v) is 4.73. The maximum absolute atomic E-state index is 12.4. The molecule has 2 fully saturated rings. The van der Waals surface area contributed by atoms with E-state index in [0.717, 1.165) is 49.6 Å². The highest BCUT2D eigenvalue weighted by molar-refractivity contribution is 7.09. The number of aryl methyl sites for hydroxylation is 1. The van der Waals surface area contributed by atoms with Crippen molar-refractivity contribution in [2.24, 2.45) is 10.9 Å². The number of aromatic nitrogens is 1. The number of thiazole rings is 1. The molecule has 1 unspecified atom stereocenters. The Bertz CT molecular complexity index is 650. The minimum Gasteiger partial charge on any atom is -0.376 e. The fraction of sp³-hybridized carbons (Fsp3) is 0.789. The Morgan fingerprint density at radius 2 is 2.00 bits per heavy atom. The lowest BCUT2D eigenvalue weighted by Gasteiger charge is -2.26. The predicted octanol–water partition coefficient (Wildman–Crippen LogP) is 3.92. The molecule has 0 bridgehead atoms. The number of carbonyl (C=O) groups is 1. The van der Waals surface area contributed by atoms with Crippen molar-refractivity contribution in [1.29, 1.82) is 0 Å². The molecule has 1 aliphatic carbocycles. The van der Waals surface area contributed by atoms with E-state index in [1.54, 1.807) is 11.3 Å². The minimum absolute atomic E-state index is 0.195. The molecule has 1 aliphatic heterocycles. The summed E-state index contributed by atoms with van der Waals surface area (Å²) in [6.45, 7) is 8.13. The van der Waals surface area contributed by atoms with E-state index in [1.165, 1.54) is 29.8 Å². The van der Waals surface area contributed by atoms with E-state index in [4.69, 9.17) is 4.74 Å². The second-order valence-electron chi connectivity index (χ2n) is 7.64. The van der Waals surface area contributed by atoms with E-state index >= 15 is 0 Å². The van der Waals surface area contributed by atoms with Gasteiger partial charge in [0, 0.05) is 23.2 Å². The van der Waals surface area contributed by atoms with Crippen molar-refractivity contribution in [3.05, 3.63) is 15.4 Å². The third kappa shape index (κ3) is 4.94. The van der Waals surface area contributed by atoms with Crippen LogP contribution in [0.15, 0.2) is 4.99 Å². The molecule has 1 saturated carbocycles. The van der Waals surface area contributed by atoms with Gasteiger partial charge in [-0.05, 0) is 64.7 Å². The number of ether oxygens (including phenoxy) is 1. The number of hydrogen-bond donors (Lipinski definition) is 1. The summed E-state index contributed by atoms with van der Waals surface area (Å²) in [5.74, 6) is 0.783. The molecule has 1 saturated heterocycles. The van der Waals surface area contributed by atoms with Crippen molar-refractivity contribution in [3.8, 4) is 0 Å². The molecule has 1 atom stereocenters. The van der Waals surface area contributed by atoms with Crippen LogP contribution in [0.3, 0.4) is 0 Å². The molecule has 0 spiro atoms. The monoisotopic (exact) mass is 365 g/mol. The summed E-state index contributed by atoms with van der Waals surface area (Å²) >= 11 is 1.60. The zero-order chi connectivity index (χ0) is 17.8. The van der Waals surface area contributed by atoms with Crippen molar-refractivity contribution < 1.29 is 9.53 Å². The summed E-state index contributed by atoms with van der Waals surface area (Å²) in [6.07, 6.45) is 8.24. The molecule has 2 aliphatic rings. The van der Waals surface area contributed by atoms with Gasteiger partial charge >= 0.3 is 6.03 Å². The first-order valence-electron chi connectivity index (χ1n) is 9.66. The third-order valence-electron chi connectivity index (χ3n) is 5.59. The smallest absolute Gasteiger partial charge is 0.343 e. The van der Waals surface area contributed by atoms with E-state index < -0.39 is 0 Å². The lowest BCUT2D eigenvalue weighted by atomic mass is 9.87. The molecule has 3 rings (SSSR count). The molecule has 0 radical (unpaired) electrons. The van der Waals surface area contributed by atoms with Gasteiger partial charge in [-0.25, -0.2) is 4.79 Å². The van der Waals surface area contributed by atoms with Gasteiger partial charge < -0.3 is 14.6 Å². The van der Waals surface area contributed by atoms with Crippen LogP contribution in [0.4, 0.5) is 4.79 Å². The summed E-state index contributed by atoms with van der Waals surface area (Å²) in [5.41, 5.74) is 1.19. The van der Waals surface area contributed by atoms with Gasteiger partial charge in [-0.1, -0.05) is 6.92 Å². The molecular formula is C19H31N3O2S. The summed E-state index contributed by atoms with van der Waals surface area (Å²) < 4.78 is 8.04. The molecule has 1 aromatic heterocycles. The molecule has 5 nitrogen and oxygen atoms in total. The van der Waals surface area contributed by atoms with Gasteiger partial charge in [0.2, 0.25) is 0 Å². The maximum atomic E-state index is 12.4. The van der Waals surface area contributed by atoms with Crippen molar-refractivity contribution in [1.82, 2.24) is 9.88 Å². The molecule has 0 aromatic carbocycles. The number of rotatable bonds is 3. The highest BCUT2D eigenvalue weighted by atomic mass is 32.1. The molecule has 2 amide bonds. The molecule has 1 aromatic rings. The topological polar surface area (TPSA) is 55.6 Å². The first-order valence-corrected chi connectivity index (χ1v) is 10.5. The molecular weight excluding hydrogens is 334 g/mol. The highest BCUT2D eigenvalue weighted by Gasteiger charge is 2.20. The van der Waals surface area contributed by atoms with Crippen LogP contribution < -0.4 is 10.1 Å². The molecule has 6 heteroatoms. The number of nitrogens with zero attached hydrogens (tertiary/aromatic N) is 2. The average molecular weight is 366 g/mol. The minimum atomic E-state index is -0.195. The lowest BCUT2D eigenvalue weighted by molar-refractivity contribution is 0.00525. The van der Waals surface area contributed by atoms with Gasteiger partial charge in [0.15, 0.2) is 4.80 Å². The standard InChI is InChI=1S/C19H31N3O2S/c1-13-7-9-16(10-8-13)20-18(23)21-19-22(14(2)15(3)25-19)12-17-6-4-5-11-24-17/h13,16-17H,4-12H2,1-3H3,(H,20,23). The number of carbonyl (C=O) groups excluding carboxylic acids is 1. The van der Waals surface area contributed by atoms with Crippen LogP contribution >= 0.6 is 11.3 Å². The van der Waals surface area contributed by atoms with Crippen molar-refractivity contribution in [2.75, 3.05) is 6.61 Å². The Morgan fingerprint density at radius 1 is 1.24 bits per heavy atom. The van der Waals surface area contributed by atoms with E-state index in [2.05, 4.69) is 35.6 Å². The average Bonchev–Trinajstić information content (AvgIpc) is 2.85. The SMILES string of the molecule is Cc1sc(=NC(=O)NC2CCC(C)CC2)n(CC2CCCCO2)c1C. The molecule has 25 heavy (non-hydrogen) atoms. The first kappa shape index (κ1) is 18.6. The zero-order valence-corrected chi connectivity index (χ0v) is 16.5. The third-order valence-corrected chi connectivity index (χ3v) is 6.69. The Balaban J connectivity index is 1.70. The van der Waals surface area contributed by atoms with E-state index in [9.17, 15) is 4.79 Å². The summed E-state index contributed by atoms with van der Waals surface area (Å²) in [5, 5.41) is 3.10. The van der Waals surface area contributed by atoms with Gasteiger partial charge in [-0.15, -0.1) is 11.3 Å². The summed E-state index contributed by atoms with van der Waals surface area (Å²) in [4.78, 5) is 18.8. The number of hydrogen-bond acceptors (Lipinski definition) is 3. The normalized spacial score (nSPS) is 28.1. The Kier molecular flexibility index (Phi) is 6.34. The number of amides is 2. The van der Waals surface area contributed by atoms with Crippen LogP contribution in [-0.4, -0.2) is 29.4 Å². The highest BCUT2D eigenvalue weighted by Crippen LogP contribution is 2.23. The van der Waals surface area contributed by atoms with E-state index in [0.29, 0.717) is 0 Å². The number of urea groups is 1. The Morgan fingerprint density at radius 3 is 2.68 bits per heavy atom. The first-order chi connectivity index (χ1) is 12.0. The van der Waals surface area contributed by atoms with Gasteiger partial charge in [0.05, 0.1) is 12.6 Å². The van der Waals surface area contributed by atoms with Gasteiger partial charge in [-0.3, -0.25) is 0 Å². The Hall–Kier alpha value is -1.14. The number of nitrogens with one attached hydrogen (secondary N) is 1. The molecule has 1 N–H and O–H groups in total. The van der Waals surface area contributed by atoms with Crippen molar-refractivity contribution in [2.45, 2.75) is 84.4 Å². The molecule has 140 valence electrons. The zero-order valence-electron chi connectivity index (χ0n) is 15.7. The largest absolute Gasteiger partial charge is 0.376 e. The maximum Gasteiger partial charge on any atom is 0.343 e. The summed E-state index contributed by atoms with van der Waals surface area (Å²) in [7, 11) is 0. The van der Waals surface area contributed by atoms with Gasteiger partial charge in [-0.2, -0.15) is 4.99 Å². The van der Waals surface area contributed by atoms with Crippen LogP contribution in [0.1, 0.15) is 62.4 Å². The van der Waals surface area contributed by atoms with Crippen molar-refractivity contribution in [3.63, 3.8) is 0 Å². The second kappa shape index (κ2) is 8.49. The Labute approximate surface area is 154 Å². The van der Waals surface area contributed by atoms with E-state index in [-0.39, 0.29) is 18.2 Å². The fourth-order valence-electron chi connectivity index (χ4n) is 3.75.